The molecule has 0 spiro atoms. The summed E-state index contributed by atoms with van der Waals surface area (Å²) in [6.45, 7) is 3.26. The van der Waals surface area contributed by atoms with E-state index in [1.54, 1.807) is 0 Å². The van der Waals surface area contributed by atoms with Crippen molar-refractivity contribution in [3.8, 4) is 0 Å². The lowest BCUT2D eigenvalue weighted by atomic mass is 9.99. The highest BCUT2D eigenvalue weighted by molar-refractivity contribution is 14.1. The van der Waals surface area contributed by atoms with Crippen molar-refractivity contribution in [3.63, 3.8) is 0 Å². The number of carbonyl (C=O) groups excluding carboxylic acids is 1. The van der Waals surface area contributed by atoms with Crippen LogP contribution in [0.2, 0.25) is 0 Å². The van der Waals surface area contributed by atoms with Gasteiger partial charge in [0.05, 0.1) is 11.6 Å². The third-order valence-corrected chi connectivity index (χ3v) is 6.20. The summed E-state index contributed by atoms with van der Waals surface area (Å²) in [5.74, 6) is -0.00578. The topological polar surface area (TPSA) is 46.9 Å². The van der Waals surface area contributed by atoms with Gasteiger partial charge in [0.15, 0.2) is 0 Å². The summed E-state index contributed by atoms with van der Waals surface area (Å²) < 4.78 is 3.00. The Morgan fingerprint density at radius 2 is 1.96 bits per heavy atom. The van der Waals surface area contributed by atoms with Gasteiger partial charge in [0.2, 0.25) is 5.78 Å². The number of nitrogens with zero attached hydrogens (tertiary/aromatic N) is 2. The summed E-state index contributed by atoms with van der Waals surface area (Å²) >= 11 is 2.22. The van der Waals surface area contributed by atoms with Crippen LogP contribution in [-0.2, 0) is 0 Å². The van der Waals surface area contributed by atoms with Crippen molar-refractivity contribution < 1.29 is 4.79 Å². The first-order chi connectivity index (χ1) is 12.7. The second kappa shape index (κ2) is 7.48. The van der Waals surface area contributed by atoms with E-state index in [1.165, 1.54) is 12.8 Å². The van der Waals surface area contributed by atoms with Crippen LogP contribution in [0.5, 0.6) is 0 Å². The summed E-state index contributed by atoms with van der Waals surface area (Å²) in [5, 5.41) is 9.35. The van der Waals surface area contributed by atoms with Gasteiger partial charge < -0.3 is 5.32 Å². The van der Waals surface area contributed by atoms with Gasteiger partial charge in [-0.05, 0) is 67.1 Å². The summed E-state index contributed by atoms with van der Waals surface area (Å²) in [7, 11) is 0. The second-order valence-corrected chi connectivity index (χ2v) is 8.08. The van der Waals surface area contributed by atoms with E-state index in [0.717, 1.165) is 27.4 Å². The SMILES string of the molecule is CC(C1CCCCN1)n1nc(C(=O)c2ccccc2I)c2ccccc21. The number of aromatic nitrogens is 2. The maximum atomic E-state index is 13.2. The number of nitrogens with one attached hydrogen (secondary N) is 1. The van der Waals surface area contributed by atoms with Gasteiger partial charge in [0, 0.05) is 20.6 Å². The Labute approximate surface area is 167 Å². The first-order valence-corrected chi connectivity index (χ1v) is 10.2. The predicted molar refractivity (Wildman–Crippen MR) is 113 cm³/mol. The highest BCUT2D eigenvalue weighted by atomic mass is 127. The first kappa shape index (κ1) is 17.7. The molecule has 26 heavy (non-hydrogen) atoms. The Hall–Kier alpha value is -1.73. The molecule has 2 unspecified atom stereocenters. The molecule has 0 bridgehead atoms. The molecule has 3 aromatic rings. The van der Waals surface area contributed by atoms with Gasteiger partial charge in [-0.15, -0.1) is 0 Å². The molecular formula is C21H22IN3O. The number of rotatable bonds is 4. The monoisotopic (exact) mass is 459 g/mol. The van der Waals surface area contributed by atoms with Gasteiger partial charge in [-0.1, -0.05) is 36.8 Å². The molecular weight excluding hydrogens is 437 g/mol. The molecule has 0 saturated carbocycles. The molecule has 134 valence electrons. The van der Waals surface area contributed by atoms with Crippen molar-refractivity contribution in [1.29, 1.82) is 0 Å². The molecule has 0 amide bonds. The molecule has 0 radical (unpaired) electrons. The van der Waals surface area contributed by atoms with Crippen LogP contribution in [0.1, 0.15) is 48.3 Å². The van der Waals surface area contributed by atoms with E-state index in [2.05, 4.69) is 40.9 Å². The van der Waals surface area contributed by atoms with Crippen molar-refractivity contribution in [2.24, 2.45) is 0 Å². The van der Waals surface area contributed by atoms with Crippen LogP contribution in [0.15, 0.2) is 48.5 Å². The molecule has 4 nitrogen and oxygen atoms in total. The summed E-state index contributed by atoms with van der Waals surface area (Å²) in [6.07, 6.45) is 3.63. The predicted octanol–water partition coefficient (Wildman–Crippen LogP) is 4.58. The quantitative estimate of drug-likeness (QED) is 0.459. The minimum atomic E-state index is -0.00578. The van der Waals surface area contributed by atoms with E-state index in [9.17, 15) is 4.79 Å². The van der Waals surface area contributed by atoms with E-state index in [0.29, 0.717) is 17.3 Å². The third-order valence-electron chi connectivity index (χ3n) is 5.26. The van der Waals surface area contributed by atoms with E-state index in [1.807, 2.05) is 47.1 Å². The smallest absolute Gasteiger partial charge is 0.214 e. The van der Waals surface area contributed by atoms with Crippen molar-refractivity contribution in [3.05, 3.63) is 63.4 Å². The standard InChI is InChI=1S/C21H22IN3O/c1-14(18-11-6-7-13-23-18)25-19-12-5-3-9-16(19)20(24-25)21(26)15-8-2-4-10-17(15)22/h2-5,8-10,12,14,18,23H,6-7,11,13H2,1H3. The minimum Gasteiger partial charge on any atom is -0.312 e. The van der Waals surface area contributed by atoms with Crippen molar-refractivity contribution >= 4 is 39.3 Å². The number of ketones is 1. The van der Waals surface area contributed by atoms with Gasteiger partial charge >= 0.3 is 0 Å². The molecule has 1 N–H and O–H groups in total. The van der Waals surface area contributed by atoms with Crippen LogP contribution in [0.3, 0.4) is 0 Å². The van der Waals surface area contributed by atoms with E-state index >= 15 is 0 Å². The average molecular weight is 459 g/mol. The maximum Gasteiger partial charge on any atom is 0.214 e. The Bertz CT molecular complexity index is 943. The number of fused-ring (bicyclic) bond motifs is 1. The Morgan fingerprint density at radius 3 is 2.73 bits per heavy atom. The molecule has 5 heteroatoms. The zero-order chi connectivity index (χ0) is 18.1. The number of hydrogen-bond acceptors (Lipinski definition) is 3. The number of benzene rings is 2. The fourth-order valence-electron chi connectivity index (χ4n) is 3.80. The fraction of sp³-hybridized carbons (Fsp3) is 0.333. The molecule has 1 aromatic heterocycles. The van der Waals surface area contributed by atoms with Crippen molar-refractivity contribution in [2.75, 3.05) is 6.54 Å². The third kappa shape index (κ3) is 3.18. The number of carbonyl (C=O) groups is 1. The van der Waals surface area contributed by atoms with E-state index in [-0.39, 0.29) is 11.8 Å². The Morgan fingerprint density at radius 1 is 1.19 bits per heavy atom. The molecule has 1 aliphatic rings. The lowest BCUT2D eigenvalue weighted by molar-refractivity contribution is 0.103. The first-order valence-electron chi connectivity index (χ1n) is 9.16. The van der Waals surface area contributed by atoms with Crippen LogP contribution >= 0.6 is 22.6 Å². The van der Waals surface area contributed by atoms with Crippen LogP contribution in [0, 0.1) is 3.57 Å². The molecule has 0 aliphatic carbocycles. The van der Waals surface area contributed by atoms with Crippen molar-refractivity contribution in [1.82, 2.24) is 15.1 Å². The summed E-state index contributed by atoms with van der Waals surface area (Å²) in [5.41, 5.74) is 2.29. The zero-order valence-electron chi connectivity index (χ0n) is 14.8. The fourth-order valence-corrected chi connectivity index (χ4v) is 4.43. The average Bonchev–Trinajstić information content (AvgIpc) is 3.08. The molecule has 1 aliphatic heterocycles. The minimum absolute atomic E-state index is 0.00578. The molecule has 4 rings (SSSR count). The Kier molecular flexibility index (Phi) is 5.09. The summed E-state index contributed by atoms with van der Waals surface area (Å²) in [4.78, 5) is 13.2. The van der Waals surface area contributed by atoms with Gasteiger partial charge in [-0.3, -0.25) is 9.48 Å². The number of halogens is 1. The van der Waals surface area contributed by atoms with E-state index in [4.69, 9.17) is 5.10 Å². The van der Waals surface area contributed by atoms with Gasteiger partial charge in [0.25, 0.3) is 0 Å². The molecule has 1 saturated heterocycles. The van der Waals surface area contributed by atoms with Gasteiger partial charge in [0.1, 0.15) is 5.69 Å². The van der Waals surface area contributed by atoms with Crippen LogP contribution in [0.4, 0.5) is 0 Å². The number of hydrogen-bond donors (Lipinski definition) is 1. The van der Waals surface area contributed by atoms with Crippen LogP contribution < -0.4 is 5.32 Å². The molecule has 1 fully saturated rings. The molecule has 2 aromatic carbocycles. The normalized spacial score (nSPS) is 18.8. The lowest BCUT2D eigenvalue weighted by Gasteiger charge is -2.29. The lowest BCUT2D eigenvalue weighted by Crippen LogP contribution is -2.40. The number of piperidine rings is 1. The van der Waals surface area contributed by atoms with Crippen molar-refractivity contribution in [2.45, 2.75) is 38.3 Å². The highest BCUT2D eigenvalue weighted by Gasteiger charge is 2.26. The maximum absolute atomic E-state index is 13.2. The number of para-hydroxylation sites is 1. The van der Waals surface area contributed by atoms with Crippen LogP contribution in [0.25, 0.3) is 10.9 Å². The zero-order valence-corrected chi connectivity index (χ0v) is 16.9. The second-order valence-electron chi connectivity index (χ2n) is 6.92. The molecule has 2 atom stereocenters. The van der Waals surface area contributed by atoms with E-state index < -0.39 is 0 Å². The largest absolute Gasteiger partial charge is 0.312 e. The van der Waals surface area contributed by atoms with Gasteiger partial charge in [-0.2, -0.15) is 5.10 Å². The van der Waals surface area contributed by atoms with Crippen LogP contribution in [-0.4, -0.2) is 28.2 Å². The Balaban J connectivity index is 1.79. The highest BCUT2D eigenvalue weighted by Crippen LogP contribution is 2.28. The van der Waals surface area contributed by atoms with Gasteiger partial charge in [-0.25, -0.2) is 0 Å². The molecule has 2 heterocycles. The summed E-state index contributed by atoms with van der Waals surface area (Å²) in [6, 6.07) is 16.4.